The van der Waals surface area contributed by atoms with Crippen molar-refractivity contribution in [3.05, 3.63) is 70.9 Å². The third-order valence-corrected chi connectivity index (χ3v) is 3.98. The first kappa shape index (κ1) is 18.2. The van der Waals surface area contributed by atoms with Gasteiger partial charge in [0, 0.05) is 0 Å². The minimum absolute atomic E-state index is 0.186. The first-order valence-electron chi connectivity index (χ1n) is 8.27. The number of benzene rings is 2. The average molecular weight is 366 g/mol. The molecule has 1 saturated heterocycles. The molecule has 3 rings (SSSR count). The first-order chi connectivity index (χ1) is 12.9. The van der Waals surface area contributed by atoms with E-state index >= 15 is 0 Å². The van der Waals surface area contributed by atoms with E-state index in [9.17, 15) is 14.4 Å². The highest BCUT2D eigenvalue weighted by molar-refractivity contribution is 6.13. The van der Waals surface area contributed by atoms with Crippen LogP contribution in [0, 0.1) is 6.92 Å². The zero-order valence-electron chi connectivity index (χ0n) is 14.6. The van der Waals surface area contributed by atoms with Crippen LogP contribution in [0.25, 0.3) is 6.08 Å². The fourth-order valence-electron chi connectivity index (χ4n) is 2.56. The topological polar surface area (TPSA) is 95.9 Å². The zero-order chi connectivity index (χ0) is 19.4. The molecule has 27 heavy (non-hydrogen) atoms. The SMILES string of the molecule is Cc1ccc(CN2C(=O)N/C(=C/c3ccc(OCC(=O)O)cc3)C2=O)cc1. The summed E-state index contributed by atoms with van der Waals surface area (Å²) in [7, 11) is 0. The van der Waals surface area contributed by atoms with Gasteiger partial charge < -0.3 is 15.2 Å². The molecule has 138 valence electrons. The third kappa shape index (κ3) is 4.52. The lowest BCUT2D eigenvalue weighted by Gasteiger charge is -2.11. The Kier molecular flexibility index (Phi) is 5.21. The third-order valence-electron chi connectivity index (χ3n) is 3.98. The minimum Gasteiger partial charge on any atom is -0.482 e. The fraction of sp³-hybridized carbons (Fsp3) is 0.150. The van der Waals surface area contributed by atoms with Crippen molar-refractivity contribution in [1.29, 1.82) is 0 Å². The molecule has 1 fully saturated rings. The van der Waals surface area contributed by atoms with Crippen LogP contribution in [0.4, 0.5) is 4.79 Å². The summed E-state index contributed by atoms with van der Waals surface area (Å²) in [5.41, 5.74) is 2.84. The Morgan fingerprint density at radius 2 is 1.78 bits per heavy atom. The maximum atomic E-state index is 12.5. The Hall–Kier alpha value is -3.61. The number of carboxylic acids is 1. The summed E-state index contributed by atoms with van der Waals surface area (Å²) in [6, 6.07) is 13.7. The van der Waals surface area contributed by atoms with Crippen molar-refractivity contribution in [3.8, 4) is 5.75 Å². The van der Waals surface area contributed by atoms with E-state index < -0.39 is 24.5 Å². The van der Waals surface area contributed by atoms with Gasteiger partial charge in [0.15, 0.2) is 6.61 Å². The van der Waals surface area contributed by atoms with Crippen LogP contribution in [-0.2, 0) is 16.1 Å². The fourth-order valence-corrected chi connectivity index (χ4v) is 2.56. The lowest BCUT2D eigenvalue weighted by molar-refractivity contribution is -0.139. The molecule has 0 aliphatic carbocycles. The molecule has 0 saturated carbocycles. The largest absolute Gasteiger partial charge is 0.482 e. The normalized spacial score (nSPS) is 15.1. The second-order valence-electron chi connectivity index (χ2n) is 6.12. The van der Waals surface area contributed by atoms with Gasteiger partial charge in [0.1, 0.15) is 11.4 Å². The maximum Gasteiger partial charge on any atom is 0.341 e. The van der Waals surface area contributed by atoms with E-state index in [4.69, 9.17) is 9.84 Å². The number of ether oxygens (including phenoxy) is 1. The highest BCUT2D eigenvalue weighted by Crippen LogP contribution is 2.19. The number of carbonyl (C=O) groups is 3. The number of aliphatic carboxylic acids is 1. The number of amides is 3. The second kappa shape index (κ2) is 7.74. The van der Waals surface area contributed by atoms with Crippen LogP contribution in [-0.4, -0.2) is 34.5 Å². The molecule has 0 atom stereocenters. The Bertz CT molecular complexity index is 901. The molecule has 0 unspecified atom stereocenters. The molecular weight excluding hydrogens is 348 g/mol. The van der Waals surface area contributed by atoms with E-state index in [1.54, 1.807) is 30.3 Å². The predicted molar refractivity (Wildman–Crippen MR) is 97.8 cm³/mol. The van der Waals surface area contributed by atoms with Crippen LogP contribution >= 0.6 is 0 Å². The van der Waals surface area contributed by atoms with Gasteiger partial charge >= 0.3 is 12.0 Å². The number of hydrogen-bond acceptors (Lipinski definition) is 4. The Balaban J connectivity index is 1.70. The van der Waals surface area contributed by atoms with Crippen LogP contribution in [0.5, 0.6) is 5.75 Å². The second-order valence-corrected chi connectivity index (χ2v) is 6.12. The van der Waals surface area contributed by atoms with Crippen LogP contribution in [0.15, 0.2) is 54.2 Å². The van der Waals surface area contributed by atoms with Crippen molar-refractivity contribution in [2.45, 2.75) is 13.5 Å². The van der Waals surface area contributed by atoms with Gasteiger partial charge in [-0.25, -0.2) is 9.59 Å². The van der Waals surface area contributed by atoms with E-state index in [-0.39, 0.29) is 12.2 Å². The number of aryl methyl sites for hydroxylation is 1. The van der Waals surface area contributed by atoms with E-state index in [0.717, 1.165) is 16.0 Å². The number of nitrogens with one attached hydrogen (secondary N) is 1. The standard InChI is InChI=1S/C20H18N2O5/c1-13-2-4-15(5-3-13)11-22-19(25)17(21-20(22)26)10-14-6-8-16(9-7-14)27-12-18(23)24/h2-10H,11-12H2,1H3,(H,21,26)(H,23,24)/b17-10+. The number of hydrogen-bond donors (Lipinski definition) is 2. The molecule has 0 spiro atoms. The lowest BCUT2D eigenvalue weighted by Crippen LogP contribution is -2.30. The molecule has 3 amide bonds. The molecule has 1 heterocycles. The molecule has 7 heteroatoms. The van der Waals surface area contributed by atoms with Gasteiger partial charge in [-0.05, 0) is 36.3 Å². The van der Waals surface area contributed by atoms with Crippen LogP contribution in [0.1, 0.15) is 16.7 Å². The molecular formula is C20H18N2O5. The molecule has 1 aliphatic rings. The number of carbonyl (C=O) groups excluding carboxylic acids is 2. The van der Waals surface area contributed by atoms with Crippen LogP contribution in [0.2, 0.25) is 0 Å². The van der Waals surface area contributed by atoms with Crippen molar-refractivity contribution in [2.75, 3.05) is 6.61 Å². The van der Waals surface area contributed by atoms with E-state index in [2.05, 4.69) is 5.32 Å². The molecule has 7 nitrogen and oxygen atoms in total. The van der Waals surface area contributed by atoms with Gasteiger partial charge in [0.05, 0.1) is 6.54 Å². The maximum absolute atomic E-state index is 12.5. The molecule has 1 aliphatic heterocycles. The number of carboxylic acid groups (broad SMARTS) is 1. The Labute approximate surface area is 155 Å². The highest BCUT2D eigenvalue weighted by Gasteiger charge is 2.33. The first-order valence-corrected chi connectivity index (χ1v) is 8.27. The predicted octanol–water partition coefficient (Wildman–Crippen LogP) is 2.55. The number of rotatable bonds is 6. The molecule has 0 bridgehead atoms. The van der Waals surface area contributed by atoms with Crippen molar-refractivity contribution in [3.63, 3.8) is 0 Å². The van der Waals surface area contributed by atoms with Gasteiger partial charge in [-0.3, -0.25) is 9.69 Å². The summed E-state index contributed by atoms with van der Waals surface area (Å²) in [6.45, 7) is 1.74. The Morgan fingerprint density at radius 3 is 2.41 bits per heavy atom. The van der Waals surface area contributed by atoms with Gasteiger partial charge in [-0.2, -0.15) is 0 Å². The summed E-state index contributed by atoms with van der Waals surface area (Å²) in [6.07, 6.45) is 1.57. The van der Waals surface area contributed by atoms with E-state index in [0.29, 0.717) is 11.3 Å². The van der Waals surface area contributed by atoms with Crippen molar-refractivity contribution < 1.29 is 24.2 Å². The number of imide groups is 1. The van der Waals surface area contributed by atoms with Crippen molar-refractivity contribution in [2.24, 2.45) is 0 Å². The van der Waals surface area contributed by atoms with E-state index in [1.165, 1.54) is 0 Å². The average Bonchev–Trinajstić information content (AvgIpc) is 2.90. The lowest BCUT2D eigenvalue weighted by atomic mass is 10.1. The number of urea groups is 1. The molecule has 2 N–H and O–H groups in total. The molecule has 0 radical (unpaired) electrons. The summed E-state index contributed by atoms with van der Waals surface area (Å²) in [4.78, 5) is 36.3. The minimum atomic E-state index is -1.06. The monoisotopic (exact) mass is 366 g/mol. The summed E-state index contributed by atoms with van der Waals surface area (Å²) < 4.78 is 5.06. The molecule has 2 aromatic carbocycles. The quantitative estimate of drug-likeness (QED) is 0.605. The van der Waals surface area contributed by atoms with Crippen molar-refractivity contribution in [1.82, 2.24) is 10.2 Å². The van der Waals surface area contributed by atoms with Crippen LogP contribution in [0.3, 0.4) is 0 Å². The highest BCUT2D eigenvalue weighted by atomic mass is 16.5. The summed E-state index contributed by atoms with van der Waals surface area (Å²) in [5, 5.41) is 11.2. The smallest absolute Gasteiger partial charge is 0.341 e. The van der Waals surface area contributed by atoms with Gasteiger partial charge in [0.2, 0.25) is 0 Å². The van der Waals surface area contributed by atoms with E-state index in [1.807, 2.05) is 31.2 Å². The van der Waals surface area contributed by atoms with Crippen LogP contribution < -0.4 is 10.1 Å². The zero-order valence-corrected chi connectivity index (χ0v) is 14.6. The molecule has 0 aromatic heterocycles. The molecule has 2 aromatic rings. The summed E-state index contributed by atoms with van der Waals surface area (Å²) in [5.74, 6) is -1.05. The van der Waals surface area contributed by atoms with Gasteiger partial charge in [-0.1, -0.05) is 42.0 Å². The number of nitrogens with zero attached hydrogens (tertiary/aromatic N) is 1. The summed E-state index contributed by atoms with van der Waals surface area (Å²) >= 11 is 0. The van der Waals surface area contributed by atoms with Gasteiger partial charge in [0.25, 0.3) is 5.91 Å². The van der Waals surface area contributed by atoms with Gasteiger partial charge in [-0.15, -0.1) is 0 Å². The Morgan fingerprint density at radius 1 is 1.11 bits per heavy atom. The van der Waals surface area contributed by atoms with Crippen molar-refractivity contribution >= 4 is 24.0 Å².